The van der Waals surface area contributed by atoms with Gasteiger partial charge in [0.1, 0.15) is 0 Å². The summed E-state index contributed by atoms with van der Waals surface area (Å²) in [4.78, 5) is 9.37. The number of aliphatic carboxylic acids is 1. The monoisotopic (exact) mass is 172 g/mol. The van der Waals surface area contributed by atoms with Crippen LogP contribution in [-0.2, 0) is 4.79 Å². The highest BCUT2D eigenvalue weighted by atomic mass is 16.4. The van der Waals surface area contributed by atoms with Gasteiger partial charge in [-0.15, -0.1) is 0 Å². The summed E-state index contributed by atoms with van der Waals surface area (Å²) < 4.78 is 0. The molecule has 12 heavy (non-hydrogen) atoms. The average Bonchev–Trinajstić information content (AvgIpc) is 2.37. The van der Waals surface area contributed by atoms with Crippen molar-refractivity contribution in [2.75, 3.05) is 0 Å². The number of hydrogen-bond donors (Lipinski definition) is 2. The van der Waals surface area contributed by atoms with E-state index >= 15 is 0 Å². The minimum absolute atomic E-state index is 0.222. The normalized spacial score (nSPS) is 15.5. The summed E-state index contributed by atoms with van der Waals surface area (Å²) in [6, 6.07) is 0. The number of aliphatic hydroxyl groups is 1. The lowest BCUT2D eigenvalue weighted by Crippen LogP contribution is -1.86. The van der Waals surface area contributed by atoms with Crippen LogP contribution < -0.4 is 0 Å². The van der Waals surface area contributed by atoms with Gasteiger partial charge in [-0.3, -0.25) is 4.79 Å². The molecular weight excluding hydrogens is 156 g/mol. The number of aliphatic hydroxyl groups excluding tert-OH is 1. The number of rotatable bonds is 1. The van der Waals surface area contributed by atoms with E-state index in [1.807, 2.05) is 6.92 Å². The quantitative estimate of drug-likeness (QED) is 0.638. The van der Waals surface area contributed by atoms with Gasteiger partial charge >= 0.3 is 5.97 Å². The SMILES string of the molecule is CC1=C(O)CCC1.CCC(=O)O. The van der Waals surface area contributed by atoms with E-state index in [1.165, 1.54) is 5.57 Å². The van der Waals surface area contributed by atoms with Crippen LogP contribution in [0.1, 0.15) is 39.5 Å². The van der Waals surface area contributed by atoms with Crippen molar-refractivity contribution in [3.8, 4) is 0 Å². The van der Waals surface area contributed by atoms with Crippen molar-refractivity contribution in [3.05, 3.63) is 11.3 Å². The molecular formula is C9H16O3. The third kappa shape index (κ3) is 4.77. The average molecular weight is 172 g/mol. The molecule has 0 heterocycles. The first-order valence-electron chi connectivity index (χ1n) is 4.17. The Bertz CT molecular complexity index is 170. The Balaban J connectivity index is 0.000000217. The predicted octanol–water partition coefficient (Wildman–Crippen LogP) is 2.48. The molecule has 0 fully saturated rings. The molecule has 0 aromatic carbocycles. The fraction of sp³-hybridized carbons (Fsp3) is 0.667. The van der Waals surface area contributed by atoms with Crippen molar-refractivity contribution in [1.29, 1.82) is 0 Å². The van der Waals surface area contributed by atoms with Gasteiger partial charge in [0, 0.05) is 12.8 Å². The number of carboxylic acid groups (broad SMARTS) is 1. The van der Waals surface area contributed by atoms with Crippen molar-refractivity contribution in [2.45, 2.75) is 39.5 Å². The van der Waals surface area contributed by atoms with Gasteiger partial charge in [-0.25, -0.2) is 0 Å². The zero-order valence-electron chi connectivity index (χ0n) is 7.63. The van der Waals surface area contributed by atoms with Crippen LogP contribution in [0.5, 0.6) is 0 Å². The molecule has 0 radical (unpaired) electrons. The van der Waals surface area contributed by atoms with Crippen LogP contribution in [0.15, 0.2) is 11.3 Å². The zero-order valence-corrected chi connectivity index (χ0v) is 7.63. The summed E-state index contributed by atoms with van der Waals surface area (Å²) in [6.07, 6.45) is 3.38. The molecule has 0 aromatic rings. The summed E-state index contributed by atoms with van der Waals surface area (Å²) in [5.41, 5.74) is 1.18. The molecule has 3 heteroatoms. The van der Waals surface area contributed by atoms with Crippen LogP contribution in [0.4, 0.5) is 0 Å². The molecule has 0 bridgehead atoms. The zero-order chi connectivity index (χ0) is 9.56. The lowest BCUT2D eigenvalue weighted by molar-refractivity contribution is -0.136. The van der Waals surface area contributed by atoms with Gasteiger partial charge < -0.3 is 10.2 Å². The molecule has 1 aliphatic carbocycles. The first kappa shape index (κ1) is 11.0. The standard InChI is InChI=1S/C6H10O.C3H6O2/c1-5-3-2-4-6(5)7;1-2-3(4)5/h7H,2-4H2,1H3;2H2,1H3,(H,4,5). The number of carboxylic acids is 1. The summed E-state index contributed by atoms with van der Waals surface area (Å²) in [6.45, 7) is 3.59. The van der Waals surface area contributed by atoms with Gasteiger partial charge in [-0.1, -0.05) is 6.92 Å². The molecule has 1 aliphatic rings. The Hall–Kier alpha value is -0.990. The second kappa shape index (κ2) is 5.63. The van der Waals surface area contributed by atoms with Gasteiger partial charge in [-0.05, 0) is 25.3 Å². The lowest BCUT2D eigenvalue weighted by Gasteiger charge is -1.86. The highest BCUT2D eigenvalue weighted by Gasteiger charge is 2.06. The van der Waals surface area contributed by atoms with E-state index in [2.05, 4.69) is 0 Å². The van der Waals surface area contributed by atoms with Crippen molar-refractivity contribution >= 4 is 5.97 Å². The van der Waals surface area contributed by atoms with Crippen molar-refractivity contribution in [1.82, 2.24) is 0 Å². The lowest BCUT2D eigenvalue weighted by atomic mass is 10.3. The second-order valence-electron chi connectivity index (χ2n) is 2.83. The number of allylic oxidation sites excluding steroid dienone is 2. The maximum atomic E-state index is 9.37. The van der Waals surface area contributed by atoms with Crippen LogP contribution in [-0.4, -0.2) is 16.2 Å². The Morgan fingerprint density at radius 3 is 2.08 bits per heavy atom. The maximum Gasteiger partial charge on any atom is 0.303 e. The third-order valence-electron chi connectivity index (χ3n) is 1.76. The fourth-order valence-corrected chi connectivity index (χ4v) is 0.879. The first-order valence-corrected chi connectivity index (χ1v) is 4.17. The number of hydrogen-bond acceptors (Lipinski definition) is 2. The summed E-state index contributed by atoms with van der Waals surface area (Å²) in [5, 5.41) is 16.6. The smallest absolute Gasteiger partial charge is 0.303 e. The minimum atomic E-state index is -0.745. The Kier molecular flexibility index (Phi) is 5.17. The topological polar surface area (TPSA) is 57.5 Å². The van der Waals surface area contributed by atoms with E-state index in [-0.39, 0.29) is 6.42 Å². The molecule has 2 N–H and O–H groups in total. The van der Waals surface area contributed by atoms with Crippen molar-refractivity contribution in [2.24, 2.45) is 0 Å². The summed E-state index contributed by atoms with van der Waals surface area (Å²) in [5.74, 6) is -0.120. The van der Waals surface area contributed by atoms with Crippen LogP contribution >= 0.6 is 0 Å². The van der Waals surface area contributed by atoms with Crippen molar-refractivity contribution < 1.29 is 15.0 Å². The molecule has 0 unspecified atom stereocenters. The summed E-state index contributed by atoms with van der Waals surface area (Å²) >= 11 is 0. The molecule has 0 saturated carbocycles. The molecule has 0 aromatic heterocycles. The van der Waals surface area contributed by atoms with E-state index < -0.39 is 5.97 Å². The van der Waals surface area contributed by atoms with Crippen LogP contribution in [0.25, 0.3) is 0 Å². The molecule has 0 amide bonds. The highest BCUT2D eigenvalue weighted by molar-refractivity contribution is 5.66. The molecule has 3 nitrogen and oxygen atoms in total. The van der Waals surface area contributed by atoms with Gasteiger partial charge in [0.2, 0.25) is 0 Å². The molecule has 0 aliphatic heterocycles. The predicted molar refractivity (Wildman–Crippen MR) is 47.1 cm³/mol. The van der Waals surface area contributed by atoms with E-state index in [9.17, 15) is 4.79 Å². The first-order chi connectivity index (χ1) is 5.57. The van der Waals surface area contributed by atoms with E-state index in [0.717, 1.165) is 19.3 Å². The fourth-order valence-electron chi connectivity index (χ4n) is 0.879. The van der Waals surface area contributed by atoms with Crippen LogP contribution in [0.2, 0.25) is 0 Å². The van der Waals surface area contributed by atoms with Crippen LogP contribution in [0, 0.1) is 0 Å². The molecule has 0 saturated heterocycles. The second-order valence-corrected chi connectivity index (χ2v) is 2.83. The Morgan fingerprint density at radius 1 is 1.50 bits per heavy atom. The van der Waals surface area contributed by atoms with E-state index in [4.69, 9.17) is 10.2 Å². The van der Waals surface area contributed by atoms with Gasteiger partial charge in [0.15, 0.2) is 0 Å². The Morgan fingerprint density at radius 2 is 2.00 bits per heavy atom. The molecule has 0 atom stereocenters. The van der Waals surface area contributed by atoms with E-state index in [0.29, 0.717) is 5.76 Å². The summed E-state index contributed by atoms with van der Waals surface area (Å²) in [7, 11) is 0. The highest BCUT2D eigenvalue weighted by Crippen LogP contribution is 2.22. The molecule has 1 rings (SSSR count). The van der Waals surface area contributed by atoms with Crippen molar-refractivity contribution in [3.63, 3.8) is 0 Å². The largest absolute Gasteiger partial charge is 0.512 e. The van der Waals surface area contributed by atoms with Gasteiger partial charge in [0.05, 0.1) is 5.76 Å². The minimum Gasteiger partial charge on any atom is -0.512 e. The van der Waals surface area contributed by atoms with Crippen LogP contribution in [0.3, 0.4) is 0 Å². The Labute approximate surface area is 72.7 Å². The molecule has 0 spiro atoms. The third-order valence-corrected chi connectivity index (χ3v) is 1.76. The number of carbonyl (C=O) groups is 1. The van der Waals surface area contributed by atoms with E-state index in [1.54, 1.807) is 6.92 Å². The molecule has 70 valence electrons. The maximum absolute atomic E-state index is 9.37. The van der Waals surface area contributed by atoms with Gasteiger partial charge in [-0.2, -0.15) is 0 Å². The van der Waals surface area contributed by atoms with Gasteiger partial charge in [0.25, 0.3) is 0 Å².